The van der Waals surface area contributed by atoms with E-state index in [9.17, 15) is 9.59 Å². The maximum absolute atomic E-state index is 12.4. The molecule has 1 amide bonds. The van der Waals surface area contributed by atoms with Crippen LogP contribution in [0.1, 0.15) is 20.3 Å². The minimum atomic E-state index is -0.400. The predicted octanol–water partition coefficient (Wildman–Crippen LogP) is 0.933. The fraction of sp³-hybridized carbons (Fsp3) is 0.500. The summed E-state index contributed by atoms with van der Waals surface area (Å²) in [6.45, 7) is 5.71. The van der Waals surface area contributed by atoms with Crippen LogP contribution in [0, 0.1) is 11.8 Å². The van der Waals surface area contributed by atoms with E-state index in [-0.39, 0.29) is 12.5 Å². The summed E-state index contributed by atoms with van der Waals surface area (Å²) >= 11 is 0. The molecule has 1 fully saturated rings. The first-order valence-electron chi connectivity index (χ1n) is 7.90. The maximum Gasteiger partial charge on any atom is 0.368 e. The second-order valence-corrected chi connectivity index (χ2v) is 6.41. The molecule has 0 unspecified atom stereocenters. The summed E-state index contributed by atoms with van der Waals surface area (Å²) < 4.78 is 2.33. The third-order valence-electron chi connectivity index (χ3n) is 4.15. The Balaban J connectivity index is 1.75. The molecule has 1 saturated heterocycles. The summed E-state index contributed by atoms with van der Waals surface area (Å²) in [6, 6.07) is 9.05. The topological polar surface area (TPSA) is 73.0 Å². The lowest BCUT2D eigenvalue weighted by molar-refractivity contribution is -0.134. The minimum absolute atomic E-state index is 0.0644. The number of carbonyl (C=O) groups excluding carboxylic acids is 1. The number of carbonyl (C=O) groups is 1. The highest BCUT2D eigenvalue weighted by Crippen LogP contribution is 2.20. The van der Waals surface area contributed by atoms with Gasteiger partial charge >= 0.3 is 5.69 Å². The molecule has 2 heterocycles. The van der Waals surface area contributed by atoms with Crippen LogP contribution in [0.15, 0.2) is 35.1 Å². The quantitative estimate of drug-likeness (QED) is 0.845. The molecule has 1 aromatic carbocycles. The standard InChI is InChI=1S/C16H21N5O2/c1-12-8-13(2)10-19(9-12)15(22)11-20-16(23)21(18-17-20)14-6-4-3-5-7-14/h3-7,12-13H,8-11H2,1-2H3/t12-,13-/m1/s1. The second-order valence-electron chi connectivity index (χ2n) is 6.41. The van der Waals surface area contributed by atoms with E-state index in [0.29, 0.717) is 17.5 Å². The molecule has 1 aliphatic heterocycles. The maximum atomic E-state index is 12.4. The fourth-order valence-electron chi connectivity index (χ4n) is 3.20. The van der Waals surface area contributed by atoms with Gasteiger partial charge in [-0.3, -0.25) is 4.79 Å². The number of benzene rings is 1. The van der Waals surface area contributed by atoms with Crippen molar-refractivity contribution in [2.75, 3.05) is 13.1 Å². The van der Waals surface area contributed by atoms with E-state index >= 15 is 0 Å². The molecule has 0 spiro atoms. The molecular weight excluding hydrogens is 294 g/mol. The van der Waals surface area contributed by atoms with Gasteiger partial charge in [0.1, 0.15) is 6.54 Å². The third-order valence-corrected chi connectivity index (χ3v) is 4.15. The molecule has 1 aromatic heterocycles. The zero-order valence-corrected chi connectivity index (χ0v) is 13.4. The van der Waals surface area contributed by atoms with Gasteiger partial charge in [0.2, 0.25) is 5.91 Å². The fourth-order valence-corrected chi connectivity index (χ4v) is 3.20. The van der Waals surface area contributed by atoms with Gasteiger partial charge in [-0.1, -0.05) is 32.0 Å². The molecule has 23 heavy (non-hydrogen) atoms. The molecule has 0 aliphatic carbocycles. The number of rotatable bonds is 3. The van der Waals surface area contributed by atoms with Crippen LogP contribution in [0.25, 0.3) is 5.69 Å². The second kappa shape index (κ2) is 6.36. The van der Waals surface area contributed by atoms with Crippen molar-refractivity contribution in [3.05, 3.63) is 40.8 Å². The van der Waals surface area contributed by atoms with Crippen LogP contribution in [0.2, 0.25) is 0 Å². The number of tetrazole rings is 1. The summed E-state index contributed by atoms with van der Waals surface area (Å²) in [4.78, 5) is 26.6. The normalized spacial score (nSPS) is 21.4. The van der Waals surface area contributed by atoms with Gasteiger partial charge in [-0.05, 0) is 40.8 Å². The van der Waals surface area contributed by atoms with Crippen LogP contribution in [0.5, 0.6) is 0 Å². The zero-order chi connectivity index (χ0) is 16.4. The molecule has 0 N–H and O–H groups in total. The average molecular weight is 315 g/mol. The Kier molecular flexibility index (Phi) is 4.27. The summed E-state index contributed by atoms with van der Waals surface area (Å²) in [5, 5.41) is 7.70. The Hall–Kier alpha value is -2.44. The molecule has 7 nitrogen and oxygen atoms in total. The molecule has 0 radical (unpaired) electrons. The number of hydrogen-bond donors (Lipinski definition) is 0. The molecule has 0 saturated carbocycles. The minimum Gasteiger partial charge on any atom is -0.341 e. The molecule has 122 valence electrons. The van der Waals surface area contributed by atoms with Crippen molar-refractivity contribution in [1.82, 2.24) is 24.7 Å². The van der Waals surface area contributed by atoms with Gasteiger partial charge in [0, 0.05) is 13.1 Å². The van der Waals surface area contributed by atoms with Crippen molar-refractivity contribution >= 4 is 5.91 Å². The molecule has 3 rings (SSSR count). The van der Waals surface area contributed by atoms with Gasteiger partial charge in [-0.25, -0.2) is 4.79 Å². The van der Waals surface area contributed by atoms with Crippen molar-refractivity contribution in [3.63, 3.8) is 0 Å². The lowest BCUT2D eigenvalue weighted by Gasteiger charge is -2.34. The van der Waals surface area contributed by atoms with E-state index in [2.05, 4.69) is 24.3 Å². The first-order chi connectivity index (χ1) is 11.0. The summed E-state index contributed by atoms with van der Waals surface area (Å²) in [5.41, 5.74) is 0.235. The largest absolute Gasteiger partial charge is 0.368 e. The number of amides is 1. The van der Waals surface area contributed by atoms with E-state index in [1.54, 1.807) is 12.1 Å². The first kappa shape index (κ1) is 15.5. The molecular formula is C16H21N5O2. The van der Waals surface area contributed by atoms with Crippen molar-refractivity contribution in [1.29, 1.82) is 0 Å². The predicted molar refractivity (Wildman–Crippen MR) is 85.1 cm³/mol. The number of aromatic nitrogens is 4. The van der Waals surface area contributed by atoms with E-state index in [1.807, 2.05) is 23.1 Å². The van der Waals surface area contributed by atoms with Crippen molar-refractivity contribution in [3.8, 4) is 5.69 Å². The number of nitrogens with zero attached hydrogens (tertiary/aromatic N) is 5. The summed E-state index contributed by atoms with van der Waals surface area (Å²) in [5.74, 6) is 0.893. The van der Waals surface area contributed by atoms with E-state index in [4.69, 9.17) is 0 Å². The Morgan fingerprint density at radius 3 is 2.43 bits per heavy atom. The van der Waals surface area contributed by atoms with Gasteiger partial charge in [-0.15, -0.1) is 0 Å². The summed E-state index contributed by atoms with van der Waals surface area (Å²) in [6.07, 6.45) is 1.13. The monoisotopic (exact) mass is 315 g/mol. The highest BCUT2D eigenvalue weighted by Gasteiger charge is 2.26. The van der Waals surface area contributed by atoms with Crippen molar-refractivity contribution in [2.45, 2.75) is 26.8 Å². The smallest absolute Gasteiger partial charge is 0.341 e. The highest BCUT2D eigenvalue weighted by molar-refractivity contribution is 5.76. The van der Waals surface area contributed by atoms with Crippen LogP contribution in [-0.4, -0.2) is 43.7 Å². The lowest BCUT2D eigenvalue weighted by Crippen LogP contribution is -2.45. The highest BCUT2D eigenvalue weighted by atomic mass is 16.2. The van der Waals surface area contributed by atoms with Crippen molar-refractivity contribution < 1.29 is 4.79 Å². The summed E-state index contributed by atoms with van der Waals surface area (Å²) in [7, 11) is 0. The Bertz CT molecular complexity index is 726. The van der Waals surface area contributed by atoms with Gasteiger partial charge in [0.25, 0.3) is 0 Å². The van der Waals surface area contributed by atoms with Crippen LogP contribution in [0.3, 0.4) is 0 Å². The van der Waals surface area contributed by atoms with E-state index in [1.165, 1.54) is 4.68 Å². The Morgan fingerprint density at radius 1 is 1.13 bits per heavy atom. The number of para-hydroxylation sites is 1. The van der Waals surface area contributed by atoms with Crippen molar-refractivity contribution in [2.24, 2.45) is 11.8 Å². The number of piperidine rings is 1. The average Bonchev–Trinajstić information content (AvgIpc) is 2.88. The molecule has 1 aliphatic rings. The van der Waals surface area contributed by atoms with Crippen LogP contribution in [-0.2, 0) is 11.3 Å². The third kappa shape index (κ3) is 3.33. The number of hydrogen-bond acceptors (Lipinski definition) is 4. The van der Waals surface area contributed by atoms with E-state index < -0.39 is 5.69 Å². The molecule has 0 bridgehead atoms. The van der Waals surface area contributed by atoms with Crippen LogP contribution >= 0.6 is 0 Å². The van der Waals surface area contributed by atoms with Crippen LogP contribution in [0.4, 0.5) is 0 Å². The van der Waals surface area contributed by atoms with Gasteiger partial charge in [0.05, 0.1) is 5.69 Å². The van der Waals surface area contributed by atoms with Crippen LogP contribution < -0.4 is 5.69 Å². The van der Waals surface area contributed by atoms with Gasteiger partial charge < -0.3 is 4.90 Å². The Labute approximate surface area is 134 Å². The van der Waals surface area contributed by atoms with Gasteiger partial charge in [0.15, 0.2) is 0 Å². The van der Waals surface area contributed by atoms with E-state index in [0.717, 1.165) is 24.2 Å². The Morgan fingerprint density at radius 2 is 1.78 bits per heavy atom. The first-order valence-corrected chi connectivity index (χ1v) is 7.90. The SMILES string of the molecule is C[C@@H]1C[C@@H](C)CN(C(=O)Cn2nnn(-c3ccccc3)c2=O)C1. The molecule has 2 atom stereocenters. The van der Waals surface area contributed by atoms with Gasteiger partial charge in [-0.2, -0.15) is 9.36 Å². The molecule has 2 aromatic rings. The number of likely N-dealkylation sites (tertiary alicyclic amines) is 1. The lowest BCUT2D eigenvalue weighted by atomic mass is 9.92. The molecule has 7 heteroatoms. The zero-order valence-electron chi connectivity index (χ0n) is 13.4.